The van der Waals surface area contributed by atoms with E-state index in [9.17, 15) is 0 Å². The lowest BCUT2D eigenvalue weighted by Gasteiger charge is -1.93. The predicted molar refractivity (Wildman–Crippen MR) is 58.3 cm³/mol. The van der Waals surface area contributed by atoms with E-state index in [1.807, 2.05) is 24.3 Å². The Labute approximate surface area is 81.4 Å². The molecule has 0 aromatic heterocycles. The number of rotatable bonds is 3. The molecule has 0 fully saturated rings. The Morgan fingerprint density at radius 3 is 2.50 bits per heavy atom. The van der Waals surface area contributed by atoms with E-state index in [0.29, 0.717) is 0 Å². The van der Waals surface area contributed by atoms with Crippen LogP contribution >= 0.6 is 15.9 Å². The molecule has 0 heterocycles. The first-order chi connectivity index (χ1) is 5.83. The van der Waals surface area contributed by atoms with Crippen molar-refractivity contribution in [1.82, 2.24) is 0 Å². The largest absolute Gasteiger partial charge is 0.399 e. The molecule has 1 nitrogen and oxygen atoms in total. The monoisotopic (exact) mass is 225 g/mol. The highest BCUT2D eigenvalue weighted by Crippen LogP contribution is 2.07. The van der Waals surface area contributed by atoms with Crippen molar-refractivity contribution in [1.29, 1.82) is 0 Å². The van der Waals surface area contributed by atoms with Gasteiger partial charge in [0.2, 0.25) is 0 Å². The number of allylic oxidation sites excluding steroid dienone is 1. The average molecular weight is 226 g/mol. The van der Waals surface area contributed by atoms with Gasteiger partial charge in [0.1, 0.15) is 0 Å². The van der Waals surface area contributed by atoms with Gasteiger partial charge in [0.05, 0.1) is 0 Å². The lowest BCUT2D eigenvalue weighted by molar-refractivity contribution is 1.27. The molecule has 0 radical (unpaired) electrons. The fraction of sp³-hybridized carbons (Fsp3) is 0.200. The van der Waals surface area contributed by atoms with Gasteiger partial charge in [-0.25, -0.2) is 0 Å². The van der Waals surface area contributed by atoms with Crippen LogP contribution in [-0.4, -0.2) is 5.33 Å². The zero-order valence-electron chi connectivity index (χ0n) is 6.83. The summed E-state index contributed by atoms with van der Waals surface area (Å²) < 4.78 is 0. The molecule has 1 aromatic carbocycles. The van der Waals surface area contributed by atoms with Crippen LogP contribution in [0.25, 0.3) is 6.08 Å². The summed E-state index contributed by atoms with van der Waals surface area (Å²) in [6.45, 7) is 0. The van der Waals surface area contributed by atoms with Gasteiger partial charge in [-0.3, -0.25) is 0 Å². The third-order valence-corrected chi connectivity index (χ3v) is 1.98. The summed E-state index contributed by atoms with van der Waals surface area (Å²) >= 11 is 3.36. The van der Waals surface area contributed by atoms with Crippen molar-refractivity contribution >= 4 is 27.7 Å². The molecule has 0 spiro atoms. The third-order valence-electron chi connectivity index (χ3n) is 1.52. The number of nitrogens with two attached hydrogens (primary N) is 1. The number of benzene rings is 1. The maximum Gasteiger partial charge on any atom is 0.0314 e. The van der Waals surface area contributed by atoms with E-state index in [1.165, 1.54) is 5.56 Å². The van der Waals surface area contributed by atoms with E-state index in [1.54, 1.807) is 0 Å². The Kier molecular flexibility index (Phi) is 3.88. The maximum atomic E-state index is 5.55. The summed E-state index contributed by atoms with van der Waals surface area (Å²) in [5.41, 5.74) is 7.56. The topological polar surface area (TPSA) is 26.0 Å². The Balaban J connectivity index is 2.58. The van der Waals surface area contributed by atoms with E-state index in [-0.39, 0.29) is 0 Å². The minimum Gasteiger partial charge on any atom is -0.399 e. The van der Waals surface area contributed by atoms with E-state index in [4.69, 9.17) is 5.73 Å². The lowest BCUT2D eigenvalue weighted by Crippen LogP contribution is -1.82. The van der Waals surface area contributed by atoms with Crippen LogP contribution in [-0.2, 0) is 0 Å². The molecule has 64 valence electrons. The SMILES string of the molecule is Nc1ccc(C=CCCBr)cc1. The molecular formula is C10H12BrN. The third kappa shape index (κ3) is 3.09. The van der Waals surface area contributed by atoms with Crippen molar-refractivity contribution in [3.05, 3.63) is 35.9 Å². The lowest BCUT2D eigenvalue weighted by atomic mass is 10.2. The minimum absolute atomic E-state index is 0.813. The number of hydrogen-bond acceptors (Lipinski definition) is 1. The van der Waals surface area contributed by atoms with Crippen molar-refractivity contribution in [3.63, 3.8) is 0 Å². The zero-order chi connectivity index (χ0) is 8.81. The number of alkyl halides is 1. The molecule has 0 bridgehead atoms. The van der Waals surface area contributed by atoms with Crippen molar-refractivity contribution < 1.29 is 0 Å². The van der Waals surface area contributed by atoms with Gasteiger partial charge in [-0.05, 0) is 24.1 Å². The second-order valence-electron chi connectivity index (χ2n) is 2.55. The van der Waals surface area contributed by atoms with Crippen LogP contribution in [0.5, 0.6) is 0 Å². The van der Waals surface area contributed by atoms with Crippen LogP contribution in [0.1, 0.15) is 12.0 Å². The second kappa shape index (κ2) is 4.99. The molecule has 1 rings (SSSR count). The molecule has 0 saturated carbocycles. The van der Waals surface area contributed by atoms with E-state index >= 15 is 0 Å². The molecule has 0 atom stereocenters. The van der Waals surface area contributed by atoms with Gasteiger partial charge in [-0.15, -0.1) is 0 Å². The Hall–Kier alpha value is -0.760. The van der Waals surface area contributed by atoms with E-state index in [0.717, 1.165) is 17.4 Å². The quantitative estimate of drug-likeness (QED) is 0.622. The molecule has 12 heavy (non-hydrogen) atoms. The number of anilines is 1. The standard InChI is InChI=1S/C10H12BrN/c11-8-2-1-3-9-4-6-10(12)7-5-9/h1,3-7H,2,8,12H2. The van der Waals surface area contributed by atoms with Gasteiger partial charge in [-0.1, -0.05) is 40.2 Å². The van der Waals surface area contributed by atoms with E-state index in [2.05, 4.69) is 28.1 Å². The first-order valence-corrected chi connectivity index (χ1v) is 5.03. The van der Waals surface area contributed by atoms with Crippen molar-refractivity contribution in [3.8, 4) is 0 Å². The maximum absolute atomic E-state index is 5.55. The fourth-order valence-corrected chi connectivity index (χ4v) is 1.15. The fourth-order valence-electron chi connectivity index (χ4n) is 0.890. The van der Waals surface area contributed by atoms with Gasteiger partial charge in [-0.2, -0.15) is 0 Å². The van der Waals surface area contributed by atoms with Gasteiger partial charge in [0.15, 0.2) is 0 Å². The summed E-state index contributed by atoms with van der Waals surface area (Å²) in [6, 6.07) is 7.85. The molecular weight excluding hydrogens is 214 g/mol. The minimum atomic E-state index is 0.813. The van der Waals surface area contributed by atoms with Gasteiger partial charge in [0, 0.05) is 11.0 Å². The zero-order valence-corrected chi connectivity index (χ0v) is 8.42. The molecule has 2 N–H and O–H groups in total. The number of nitrogen functional groups attached to an aromatic ring is 1. The molecule has 0 aliphatic rings. The highest BCUT2D eigenvalue weighted by molar-refractivity contribution is 9.09. The van der Waals surface area contributed by atoms with Crippen LogP contribution in [0.4, 0.5) is 5.69 Å². The van der Waals surface area contributed by atoms with Crippen LogP contribution < -0.4 is 5.73 Å². The molecule has 0 amide bonds. The van der Waals surface area contributed by atoms with Crippen molar-refractivity contribution in [2.75, 3.05) is 11.1 Å². The summed E-state index contributed by atoms with van der Waals surface area (Å²) in [6.07, 6.45) is 5.30. The second-order valence-corrected chi connectivity index (χ2v) is 3.34. The highest BCUT2D eigenvalue weighted by Gasteiger charge is 1.85. The highest BCUT2D eigenvalue weighted by atomic mass is 79.9. The summed E-state index contributed by atoms with van der Waals surface area (Å²) in [5.74, 6) is 0. The number of halogens is 1. The van der Waals surface area contributed by atoms with Crippen LogP contribution in [0, 0.1) is 0 Å². The Bertz CT molecular complexity index is 251. The van der Waals surface area contributed by atoms with Crippen molar-refractivity contribution in [2.24, 2.45) is 0 Å². The van der Waals surface area contributed by atoms with Crippen molar-refractivity contribution in [2.45, 2.75) is 6.42 Å². The molecule has 0 aliphatic carbocycles. The smallest absolute Gasteiger partial charge is 0.0314 e. The van der Waals surface area contributed by atoms with Crippen LogP contribution in [0.3, 0.4) is 0 Å². The van der Waals surface area contributed by atoms with Gasteiger partial charge in [0.25, 0.3) is 0 Å². The summed E-state index contributed by atoms with van der Waals surface area (Å²) in [7, 11) is 0. The number of hydrogen-bond donors (Lipinski definition) is 1. The normalized spacial score (nSPS) is 10.8. The molecule has 0 aliphatic heterocycles. The molecule has 1 aromatic rings. The summed E-state index contributed by atoms with van der Waals surface area (Å²) in [4.78, 5) is 0. The van der Waals surface area contributed by atoms with Crippen LogP contribution in [0.15, 0.2) is 30.3 Å². The van der Waals surface area contributed by atoms with E-state index < -0.39 is 0 Å². The summed E-state index contributed by atoms with van der Waals surface area (Å²) in [5, 5.41) is 1.01. The molecule has 0 unspecified atom stereocenters. The molecule has 0 saturated heterocycles. The first kappa shape index (κ1) is 9.33. The van der Waals surface area contributed by atoms with Gasteiger partial charge >= 0.3 is 0 Å². The van der Waals surface area contributed by atoms with Gasteiger partial charge < -0.3 is 5.73 Å². The first-order valence-electron chi connectivity index (χ1n) is 3.91. The Morgan fingerprint density at radius 1 is 1.25 bits per heavy atom. The molecule has 2 heteroatoms. The average Bonchev–Trinajstić information content (AvgIpc) is 2.09. The Morgan fingerprint density at radius 2 is 1.92 bits per heavy atom. The predicted octanol–water partition coefficient (Wildman–Crippen LogP) is 3.07. The van der Waals surface area contributed by atoms with Crippen LogP contribution in [0.2, 0.25) is 0 Å².